The van der Waals surface area contributed by atoms with Gasteiger partial charge in [0.15, 0.2) is 0 Å². The minimum Gasteiger partial charge on any atom is -0.335 e. The predicted octanol–water partition coefficient (Wildman–Crippen LogP) is 6.60. The Morgan fingerprint density at radius 2 is 1.55 bits per heavy atom. The van der Waals surface area contributed by atoms with Gasteiger partial charge in [-0.15, -0.1) is 0 Å². The molecule has 2 saturated heterocycles. The van der Waals surface area contributed by atoms with Crippen molar-refractivity contribution in [3.05, 3.63) is 83.1 Å². The highest BCUT2D eigenvalue weighted by Crippen LogP contribution is 2.31. The quantitative estimate of drug-likeness (QED) is 0.279. The van der Waals surface area contributed by atoms with Gasteiger partial charge in [-0.2, -0.15) is 13.2 Å². The van der Waals surface area contributed by atoms with E-state index < -0.39 is 11.7 Å². The third-order valence-electron chi connectivity index (χ3n) is 8.43. The molecule has 2 fully saturated rings. The van der Waals surface area contributed by atoms with Crippen molar-refractivity contribution in [1.29, 1.82) is 0 Å². The summed E-state index contributed by atoms with van der Waals surface area (Å²) in [5, 5.41) is 6.27. The lowest BCUT2D eigenvalue weighted by Gasteiger charge is -2.33. The summed E-state index contributed by atoms with van der Waals surface area (Å²) >= 11 is 6.13. The SMILES string of the molecule is O=C(Nc1ccccc1-c1ccccc1)NC1CCN(CCCN2CCCN(Cc3ncc(C(F)(F)F)cc3Cl)CC2)CC1. The largest absolute Gasteiger partial charge is 0.417 e. The number of para-hydroxylation sites is 1. The minimum absolute atomic E-state index is 0.0638. The minimum atomic E-state index is -4.45. The van der Waals surface area contributed by atoms with Gasteiger partial charge in [-0.3, -0.25) is 9.88 Å². The van der Waals surface area contributed by atoms with Crippen LogP contribution in [0.15, 0.2) is 66.9 Å². The van der Waals surface area contributed by atoms with Crippen molar-refractivity contribution in [3.63, 3.8) is 0 Å². The van der Waals surface area contributed by atoms with Crippen LogP contribution in [-0.4, -0.2) is 84.1 Å². The molecule has 2 N–H and O–H groups in total. The molecule has 0 bridgehead atoms. The van der Waals surface area contributed by atoms with E-state index in [-0.39, 0.29) is 17.1 Å². The van der Waals surface area contributed by atoms with Gasteiger partial charge in [0.05, 0.1) is 22.0 Å². The number of piperidine rings is 1. The zero-order valence-corrected chi connectivity index (χ0v) is 25.6. The molecular formula is C33H40ClF3N6O. The number of carbonyl (C=O) groups excluding carboxylic acids is 1. The van der Waals surface area contributed by atoms with Crippen molar-refractivity contribution in [2.75, 3.05) is 57.7 Å². The molecule has 2 amide bonds. The Morgan fingerprint density at radius 3 is 2.27 bits per heavy atom. The molecule has 44 heavy (non-hydrogen) atoms. The summed E-state index contributed by atoms with van der Waals surface area (Å²) < 4.78 is 38.8. The second kappa shape index (κ2) is 15.2. The second-order valence-corrected chi connectivity index (χ2v) is 12.0. The third kappa shape index (κ3) is 9.17. The first kappa shape index (κ1) is 32.2. The summed E-state index contributed by atoms with van der Waals surface area (Å²) in [6.45, 7) is 8.00. The summed E-state index contributed by atoms with van der Waals surface area (Å²) in [6.07, 6.45) is 0.331. The number of benzene rings is 2. The average molecular weight is 629 g/mol. The highest BCUT2D eigenvalue weighted by Gasteiger charge is 2.32. The smallest absolute Gasteiger partial charge is 0.335 e. The molecule has 0 unspecified atom stereocenters. The van der Waals surface area contributed by atoms with Crippen molar-refractivity contribution in [2.45, 2.75) is 44.4 Å². The fourth-order valence-electron chi connectivity index (χ4n) is 5.98. The Kier molecular flexibility index (Phi) is 11.1. The highest BCUT2D eigenvalue weighted by atomic mass is 35.5. The van der Waals surface area contributed by atoms with E-state index >= 15 is 0 Å². The summed E-state index contributed by atoms with van der Waals surface area (Å²) in [7, 11) is 0. The fourth-order valence-corrected chi connectivity index (χ4v) is 6.21. The maximum atomic E-state index is 12.9. The summed E-state index contributed by atoms with van der Waals surface area (Å²) in [6, 6.07) is 18.8. The van der Waals surface area contributed by atoms with E-state index in [0.717, 1.165) is 107 Å². The maximum absolute atomic E-state index is 12.9. The molecule has 0 aliphatic carbocycles. The molecule has 0 atom stereocenters. The first-order chi connectivity index (χ1) is 21.2. The number of anilines is 1. The Morgan fingerprint density at radius 1 is 0.886 bits per heavy atom. The number of urea groups is 1. The number of pyridine rings is 1. The summed E-state index contributed by atoms with van der Waals surface area (Å²) in [5.74, 6) is 0. The molecule has 2 aromatic carbocycles. The number of nitrogens with zero attached hydrogens (tertiary/aromatic N) is 4. The second-order valence-electron chi connectivity index (χ2n) is 11.6. The Hall–Kier alpha value is -3.18. The molecule has 3 heterocycles. The van der Waals surface area contributed by atoms with Gasteiger partial charge in [0.2, 0.25) is 0 Å². The monoisotopic (exact) mass is 628 g/mol. The zero-order chi connectivity index (χ0) is 30.9. The van der Waals surface area contributed by atoms with Gasteiger partial charge in [-0.05, 0) is 69.6 Å². The molecule has 2 aliphatic heterocycles. The van der Waals surface area contributed by atoms with Crippen LogP contribution in [0.25, 0.3) is 11.1 Å². The number of nitrogens with one attached hydrogen (secondary N) is 2. The fraction of sp³-hybridized carbons (Fsp3) is 0.455. The van der Waals surface area contributed by atoms with Gasteiger partial charge in [0.1, 0.15) is 0 Å². The molecule has 236 valence electrons. The first-order valence-electron chi connectivity index (χ1n) is 15.4. The van der Waals surface area contributed by atoms with Crippen LogP contribution in [0.3, 0.4) is 0 Å². The summed E-state index contributed by atoms with van der Waals surface area (Å²) in [4.78, 5) is 24.0. The van der Waals surface area contributed by atoms with Crippen LogP contribution >= 0.6 is 11.6 Å². The molecule has 11 heteroatoms. The van der Waals surface area contributed by atoms with E-state index in [2.05, 4.69) is 30.3 Å². The van der Waals surface area contributed by atoms with Crippen molar-refractivity contribution in [3.8, 4) is 11.1 Å². The number of halogens is 4. The number of hydrogen-bond acceptors (Lipinski definition) is 5. The van der Waals surface area contributed by atoms with Gasteiger partial charge >= 0.3 is 12.2 Å². The van der Waals surface area contributed by atoms with Crippen molar-refractivity contribution >= 4 is 23.3 Å². The van der Waals surface area contributed by atoms with E-state index in [1.54, 1.807) is 0 Å². The molecule has 5 rings (SSSR count). The zero-order valence-electron chi connectivity index (χ0n) is 24.8. The van der Waals surface area contributed by atoms with Gasteiger partial charge in [-0.25, -0.2) is 4.79 Å². The number of likely N-dealkylation sites (tertiary alicyclic amines) is 1. The lowest BCUT2D eigenvalue weighted by molar-refractivity contribution is -0.137. The molecule has 3 aromatic rings. The van der Waals surface area contributed by atoms with Crippen LogP contribution in [-0.2, 0) is 12.7 Å². The Balaban J connectivity index is 0.988. The van der Waals surface area contributed by atoms with Crippen LogP contribution in [0.2, 0.25) is 5.02 Å². The molecule has 0 saturated carbocycles. The summed E-state index contributed by atoms with van der Waals surface area (Å²) in [5.41, 5.74) is 2.52. The van der Waals surface area contributed by atoms with E-state index in [1.165, 1.54) is 0 Å². The van der Waals surface area contributed by atoms with Crippen molar-refractivity contribution < 1.29 is 18.0 Å². The van der Waals surface area contributed by atoms with Gasteiger partial charge < -0.3 is 20.4 Å². The van der Waals surface area contributed by atoms with Crippen molar-refractivity contribution in [2.24, 2.45) is 0 Å². The Labute approximate surface area is 262 Å². The molecular weight excluding hydrogens is 589 g/mol. The number of alkyl halides is 3. The highest BCUT2D eigenvalue weighted by molar-refractivity contribution is 6.31. The normalized spacial score (nSPS) is 17.7. The maximum Gasteiger partial charge on any atom is 0.417 e. The number of amides is 2. The lowest BCUT2D eigenvalue weighted by Crippen LogP contribution is -2.46. The van der Waals surface area contributed by atoms with Crippen LogP contribution in [0.4, 0.5) is 23.7 Å². The topological polar surface area (TPSA) is 63.7 Å². The van der Waals surface area contributed by atoms with Gasteiger partial charge in [0.25, 0.3) is 0 Å². The average Bonchev–Trinajstić information content (AvgIpc) is 3.24. The van der Waals surface area contributed by atoms with Gasteiger partial charge in [-0.1, -0.05) is 60.1 Å². The standard InChI is InChI=1S/C33H40ClF3N6O/c34-29-22-26(33(35,36)37)23-38-31(29)24-43-17-7-15-41(20-21-43)14-6-16-42-18-12-27(13-19-42)39-32(44)40-30-11-5-4-10-28(30)25-8-2-1-3-9-25/h1-5,8-11,22-23,27H,6-7,12-21,24H2,(H2,39,40,44). The predicted molar refractivity (Wildman–Crippen MR) is 169 cm³/mol. The van der Waals surface area contributed by atoms with E-state index in [1.807, 2.05) is 54.6 Å². The molecule has 2 aliphatic rings. The molecule has 1 aromatic heterocycles. The Bertz CT molecular complexity index is 1370. The van der Waals surface area contributed by atoms with Crippen molar-refractivity contribution in [1.82, 2.24) is 25.0 Å². The molecule has 7 nitrogen and oxygen atoms in total. The van der Waals surface area contributed by atoms with Crippen LogP contribution in [0, 0.1) is 0 Å². The van der Waals surface area contributed by atoms with Crippen LogP contribution in [0.1, 0.15) is 36.9 Å². The number of carbonyl (C=O) groups is 1. The number of hydrogen-bond donors (Lipinski definition) is 2. The third-order valence-corrected chi connectivity index (χ3v) is 8.76. The lowest BCUT2D eigenvalue weighted by atomic mass is 10.0. The van der Waals surface area contributed by atoms with Gasteiger partial charge in [0, 0.05) is 50.5 Å². The van der Waals surface area contributed by atoms with E-state index in [9.17, 15) is 18.0 Å². The van der Waals surface area contributed by atoms with E-state index in [4.69, 9.17) is 11.6 Å². The number of aromatic nitrogens is 1. The number of rotatable bonds is 9. The molecule has 0 spiro atoms. The molecule has 0 radical (unpaired) electrons. The van der Waals surface area contributed by atoms with Crippen LogP contribution in [0.5, 0.6) is 0 Å². The van der Waals surface area contributed by atoms with Crippen LogP contribution < -0.4 is 10.6 Å². The van der Waals surface area contributed by atoms with E-state index in [0.29, 0.717) is 12.2 Å². The first-order valence-corrected chi connectivity index (χ1v) is 15.7.